The summed E-state index contributed by atoms with van der Waals surface area (Å²) >= 11 is 3.27. The molecule has 0 aliphatic carbocycles. The number of methoxy groups -OCH3 is 1. The fourth-order valence-corrected chi connectivity index (χ4v) is 5.19. The fraction of sp³-hybridized carbons (Fsp3) is 0.188. The molecule has 0 bridgehead atoms. The van der Waals surface area contributed by atoms with Crippen molar-refractivity contribution in [3.8, 4) is 5.75 Å². The molecule has 1 amide bonds. The molecule has 1 heterocycles. The maximum Gasteiger partial charge on any atom is 0.268 e. The minimum absolute atomic E-state index is 0.0256. The van der Waals surface area contributed by atoms with Crippen molar-refractivity contribution in [1.29, 1.82) is 0 Å². The quantitative estimate of drug-likeness (QED) is 0.834. The third-order valence-electron chi connectivity index (χ3n) is 3.92. The lowest BCUT2D eigenvalue weighted by Crippen LogP contribution is -2.46. The highest BCUT2D eigenvalue weighted by atomic mass is 79.9. The van der Waals surface area contributed by atoms with E-state index in [-0.39, 0.29) is 17.1 Å². The highest BCUT2D eigenvalue weighted by Crippen LogP contribution is 2.39. The van der Waals surface area contributed by atoms with Crippen LogP contribution in [0.3, 0.4) is 0 Å². The summed E-state index contributed by atoms with van der Waals surface area (Å²) in [5.41, 5.74) is 6.68. The van der Waals surface area contributed by atoms with E-state index in [1.165, 1.54) is 13.2 Å². The number of primary amides is 1. The van der Waals surface area contributed by atoms with Gasteiger partial charge in [-0.15, -0.1) is 0 Å². The Morgan fingerprint density at radius 3 is 2.67 bits per heavy atom. The number of anilines is 1. The van der Waals surface area contributed by atoms with Gasteiger partial charge in [0, 0.05) is 10.9 Å². The van der Waals surface area contributed by atoms with Gasteiger partial charge in [-0.3, -0.25) is 9.10 Å². The molecular weight excluding hydrogens is 396 g/mol. The van der Waals surface area contributed by atoms with Crippen LogP contribution in [-0.4, -0.2) is 27.5 Å². The van der Waals surface area contributed by atoms with E-state index in [9.17, 15) is 13.2 Å². The molecule has 1 aliphatic rings. The summed E-state index contributed by atoms with van der Waals surface area (Å²) in [6.45, 7) is 0. The minimum atomic E-state index is -4.03. The SMILES string of the molecule is COc1ccc(Br)cc1S(=O)(=O)N1c2ccccc2C[C@H]1C(N)=O. The number of sulfonamides is 1. The fourth-order valence-electron chi connectivity index (χ4n) is 2.83. The Morgan fingerprint density at radius 2 is 2.00 bits per heavy atom. The number of hydrogen-bond acceptors (Lipinski definition) is 4. The Kier molecular flexibility index (Phi) is 4.27. The van der Waals surface area contributed by atoms with Crippen LogP contribution in [0.1, 0.15) is 5.56 Å². The number of para-hydroxylation sites is 1. The molecule has 1 atom stereocenters. The van der Waals surface area contributed by atoms with Gasteiger partial charge in [-0.25, -0.2) is 8.42 Å². The van der Waals surface area contributed by atoms with Gasteiger partial charge >= 0.3 is 0 Å². The maximum atomic E-state index is 13.3. The maximum absolute atomic E-state index is 13.3. The van der Waals surface area contributed by atoms with Gasteiger partial charge in [0.2, 0.25) is 5.91 Å². The van der Waals surface area contributed by atoms with Crippen LogP contribution in [0.25, 0.3) is 0 Å². The summed E-state index contributed by atoms with van der Waals surface area (Å²) in [4.78, 5) is 11.8. The number of nitrogens with zero attached hydrogens (tertiary/aromatic N) is 1. The van der Waals surface area contributed by atoms with E-state index in [1.54, 1.807) is 36.4 Å². The van der Waals surface area contributed by atoms with E-state index in [4.69, 9.17) is 10.5 Å². The van der Waals surface area contributed by atoms with E-state index >= 15 is 0 Å². The zero-order valence-electron chi connectivity index (χ0n) is 12.8. The first-order valence-electron chi connectivity index (χ1n) is 7.11. The van der Waals surface area contributed by atoms with Crippen LogP contribution >= 0.6 is 15.9 Å². The highest BCUT2D eigenvalue weighted by molar-refractivity contribution is 9.10. The molecule has 0 saturated heterocycles. The van der Waals surface area contributed by atoms with Crippen LogP contribution < -0.4 is 14.8 Å². The van der Waals surface area contributed by atoms with E-state index in [1.807, 2.05) is 0 Å². The molecule has 0 fully saturated rings. The largest absolute Gasteiger partial charge is 0.495 e. The van der Waals surface area contributed by atoms with Gasteiger partial charge in [-0.1, -0.05) is 34.1 Å². The van der Waals surface area contributed by atoms with E-state index < -0.39 is 22.0 Å². The summed E-state index contributed by atoms with van der Waals surface area (Å²) in [6, 6.07) is 10.7. The van der Waals surface area contributed by atoms with Gasteiger partial charge in [0.15, 0.2) is 0 Å². The Morgan fingerprint density at radius 1 is 1.29 bits per heavy atom. The van der Waals surface area contributed by atoms with E-state index in [2.05, 4.69) is 15.9 Å². The molecule has 6 nitrogen and oxygen atoms in total. The molecule has 2 N–H and O–H groups in total. The number of halogens is 1. The van der Waals surface area contributed by atoms with Crippen LogP contribution in [0.2, 0.25) is 0 Å². The summed E-state index contributed by atoms with van der Waals surface area (Å²) in [7, 11) is -2.64. The molecule has 24 heavy (non-hydrogen) atoms. The molecule has 126 valence electrons. The van der Waals surface area contributed by atoms with E-state index in [0.717, 1.165) is 9.87 Å². The second kappa shape index (κ2) is 6.10. The van der Waals surface area contributed by atoms with Gasteiger partial charge in [0.1, 0.15) is 16.7 Å². The minimum Gasteiger partial charge on any atom is -0.495 e. The molecule has 0 aromatic heterocycles. The number of fused-ring (bicyclic) bond motifs is 1. The lowest BCUT2D eigenvalue weighted by atomic mass is 10.1. The van der Waals surface area contributed by atoms with Crippen LogP contribution in [0.4, 0.5) is 5.69 Å². The number of carbonyl (C=O) groups excluding carboxylic acids is 1. The zero-order valence-corrected chi connectivity index (χ0v) is 15.2. The van der Waals surface area contributed by atoms with Gasteiger partial charge in [0.25, 0.3) is 10.0 Å². The smallest absolute Gasteiger partial charge is 0.268 e. The predicted molar refractivity (Wildman–Crippen MR) is 93.5 cm³/mol. The monoisotopic (exact) mass is 410 g/mol. The number of benzene rings is 2. The number of nitrogens with two attached hydrogens (primary N) is 1. The molecule has 0 spiro atoms. The molecule has 8 heteroatoms. The third-order valence-corrected chi connectivity index (χ3v) is 6.25. The van der Waals surface area contributed by atoms with Crippen LogP contribution in [0, 0.1) is 0 Å². The number of rotatable bonds is 4. The van der Waals surface area contributed by atoms with Crippen molar-refractivity contribution in [2.75, 3.05) is 11.4 Å². The van der Waals surface area contributed by atoms with E-state index in [0.29, 0.717) is 10.2 Å². The number of amides is 1. The first-order valence-corrected chi connectivity index (χ1v) is 9.34. The van der Waals surface area contributed by atoms with Crippen molar-refractivity contribution in [3.63, 3.8) is 0 Å². The number of carbonyl (C=O) groups is 1. The average Bonchev–Trinajstić information content (AvgIpc) is 2.95. The summed E-state index contributed by atoms with van der Waals surface area (Å²) in [5, 5.41) is 0. The lowest BCUT2D eigenvalue weighted by Gasteiger charge is -2.25. The Bertz CT molecular complexity index is 914. The van der Waals surface area contributed by atoms with Crippen molar-refractivity contribution >= 4 is 37.5 Å². The molecular formula is C16H15BrN2O4S. The highest BCUT2D eigenvalue weighted by Gasteiger charge is 2.42. The standard InChI is InChI=1S/C16H15BrN2O4S/c1-23-14-7-6-11(17)9-15(14)24(21,22)19-12-5-3-2-4-10(12)8-13(19)16(18)20/h2-7,9,13H,8H2,1H3,(H2,18,20)/t13-/m0/s1. The van der Waals surface area contributed by atoms with Crippen molar-refractivity contribution in [1.82, 2.24) is 0 Å². The predicted octanol–water partition coefficient (Wildman–Crippen LogP) is 2.06. The Hall–Kier alpha value is -2.06. The molecule has 0 radical (unpaired) electrons. The molecule has 2 aromatic carbocycles. The normalized spacial score (nSPS) is 16.8. The summed E-state index contributed by atoms with van der Waals surface area (Å²) in [5.74, 6) is -0.491. The third kappa shape index (κ3) is 2.65. The van der Waals surface area contributed by atoms with Crippen molar-refractivity contribution in [2.45, 2.75) is 17.4 Å². The first-order chi connectivity index (χ1) is 11.4. The second-order valence-corrected chi connectivity index (χ2v) is 8.05. The van der Waals surface area contributed by atoms with Crippen LogP contribution in [0.5, 0.6) is 5.75 Å². The van der Waals surface area contributed by atoms with Crippen molar-refractivity contribution in [3.05, 3.63) is 52.5 Å². The summed E-state index contributed by atoms with van der Waals surface area (Å²) < 4.78 is 33.4. The second-order valence-electron chi connectivity index (χ2n) is 5.35. The molecule has 0 unspecified atom stereocenters. The number of ether oxygens (including phenoxy) is 1. The Labute approximate surface area is 148 Å². The van der Waals surface area contributed by atoms with Gasteiger partial charge in [-0.05, 0) is 29.8 Å². The lowest BCUT2D eigenvalue weighted by molar-refractivity contribution is -0.118. The van der Waals surface area contributed by atoms with Gasteiger partial charge in [-0.2, -0.15) is 0 Å². The average molecular weight is 411 g/mol. The Balaban J connectivity index is 2.21. The zero-order chi connectivity index (χ0) is 17.5. The molecule has 0 saturated carbocycles. The first kappa shape index (κ1) is 16.8. The summed E-state index contributed by atoms with van der Waals surface area (Å²) in [6.07, 6.45) is 0.251. The molecule has 2 aromatic rings. The topological polar surface area (TPSA) is 89.7 Å². The van der Waals surface area contributed by atoms with Gasteiger partial charge in [0.05, 0.1) is 12.8 Å². The number of hydrogen-bond donors (Lipinski definition) is 1. The molecule has 3 rings (SSSR count). The molecule has 1 aliphatic heterocycles. The van der Waals surface area contributed by atoms with Crippen molar-refractivity contribution in [2.24, 2.45) is 5.73 Å². The van der Waals surface area contributed by atoms with Gasteiger partial charge < -0.3 is 10.5 Å². The van der Waals surface area contributed by atoms with Crippen LogP contribution in [0.15, 0.2) is 51.8 Å². The van der Waals surface area contributed by atoms with Crippen LogP contribution in [-0.2, 0) is 21.2 Å². The van der Waals surface area contributed by atoms with Crippen molar-refractivity contribution < 1.29 is 17.9 Å².